The first-order chi connectivity index (χ1) is 9.72. The summed E-state index contributed by atoms with van der Waals surface area (Å²) < 4.78 is 5.69. The highest BCUT2D eigenvalue weighted by Gasteiger charge is 2.41. The minimum atomic E-state index is 0.299. The smallest absolute Gasteiger partial charge is 0.0622 e. The third-order valence-electron chi connectivity index (χ3n) is 6.04. The van der Waals surface area contributed by atoms with Crippen molar-refractivity contribution in [3.05, 3.63) is 0 Å². The fourth-order valence-corrected chi connectivity index (χ4v) is 4.42. The fourth-order valence-electron chi connectivity index (χ4n) is 4.42. The van der Waals surface area contributed by atoms with Gasteiger partial charge in [0.25, 0.3) is 0 Å². The standard InChI is InChI=1S/C17H32N2O/c1-3-17(2)13-19(15-9-10-20-12-15)16(11-18-17)14-7-5-4-6-8-14/h14-16,18H,3-13H2,1-2H3. The van der Waals surface area contributed by atoms with Crippen molar-refractivity contribution >= 4 is 0 Å². The van der Waals surface area contributed by atoms with Crippen LogP contribution in [0.3, 0.4) is 0 Å². The van der Waals surface area contributed by atoms with Gasteiger partial charge in [0.05, 0.1) is 6.61 Å². The molecule has 3 rings (SSSR count). The second kappa shape index (κ2) is 6.33. The Hall–Kier alpha value is -0.120. The van der Waals surface area contributed by atoms with Crippen molar-refractivity contribution in [1.29, 1.82) is 0 Å². The number of piperazine rings is 1. The third kappa shape index (κ3) is 3.05. The van der Waals surface area contributed by atoms with Crippen molar-refractivity contribution in [3.63, 3.8) is 0 Å². The summed E-state index contributed by atoms with van der Waals surface area (Å²) in [7, 11) is 0. The molecule has 20 heavy (non-hydrogen) atoms. The van der Waals surface area contributed by atoms with Crippen LogP contribution in [-0.2, 0) is 4.74 Å². The topological polar surface area (TPSA) is 24.5 Å². The highest BCUT2D eigenvalue weighted by Crippen LogP contribution is 2.34. The molecule has 1 N–H and O–H groups in total. The summed E-state index contributed by atoms with van der Waals surface area (Å²) in [4.78, 5) is 2.84. The number of nitrogens with one attached hydrogen (secondary N) is 1. The molecule has 3 heteroatoms. The van der Waals surface area contributed by atoms with E-state index < -0.39 is 0 Å². The average molecular weight is 280 g/mol. The quantitative estimate of drug-likeness (QED) is 0.860. The molecule has 2 saturated heterocycles. The zero-order valence-electron chi connectivity index (χ0n) is 13.4. The van der Waals surface area contributed by atoms with Gasteiger partial charge in [0.15, 0.2) is 0 Å². The lowest BCUT2D eigenvalue weighted by atomic mass is 9.80. The van der Waals surface area contributed by atoms with Crippen molar-refractivity contribution in [1.82, 2.24) is 10.2 Å². The second-order valence-corrected chi connectivity index (χ2v) is 7.45. The minimum Gasteiger partial charge on any atom is -0.380 e. The monoisotopic (exact) mass is 280 g/mol. The first-order valence-corrected chi connectivity index (χ1v) is 8.80. The predicted molar refractivity (Wildman–Crippen MR) is 83.0 cm³/mol. The van der Waals surface area contributed by atoms with Crippen LogP contribution in [0.15, 0.2) is 0 Å². The summed E-state index contributed by atoms with van der Waals surface area (Å²) in [5, 5.41) is 3.86. The van der Waals surface area contributed by atoms with Crippen molar-refractivity contribution < 1.29 is 4.74 Å². The van der Waals surface area contributed by atoms with Gasteiger partial charge in [-0.05, 0) is 38.5 Å². The van der Waals surface area contributed by atoms with E-state index in [1.54, 1.807) is 0 Å². The number of rotatable bonds is 3. The maximum absolute atomic E-state index is 5.69. The molecule has 0 spiro atoms. The van der Waals surface area contributed by atoms with Gasteiger partial charge in [-0.25, -0.2) is 0 Å². The van der Waals surface area contributed by atoms with Crippen molar-refractivity contribution in [2.24, 2.45) is 5.92 Å². The molecule has 3 fully saturated rings. The highest BCUT2D eigenvalue weighted by atomic mass is 16.5. The van der Waals surface area contributed by atoms with Crippen LogP contribution in [-0.4, -0.2) is 48.8 Å². The number of nitrogens with zero attached hydrogens (tertiary/aromatic N) is 1. The molecule has 0 aromatic heterocycles. The summed E-state index contributed by atoms with van der Waals surface area (Å²) in [6.07, 6.45) is 9.69. The Morgan fingerprint density at radius 1 is 1.20 bits per heavy atom. The lowest BCUT2D eigenvalue weighted by molar-refractivity contribution is 0.00520. The van der Waals surface area contributed by atoms with Gasteiger partial charge in [-0.2, -0.15) is 0 Å². The molecule has 0 aromatic rings. The molecular formula is C17H32N2O. The van der Waals surface area contributed by atoms with Gasteiger partial charge in [-0.1, -0.05) is 26.2 Å². The van der Waals surface area contributed by atoms with E-state index in [0.717, 1.165) is 25.2 Å². The first-order valence-electron chi connectivity index (χ1n) is 8.80. The lowest BCUT2D eigenvalue weighted by Gasteiger charge is -2.51. The van der Waals surface area contributed by atoms with Crippen LogP contribution in [0.4, 0.5) is 0 Å². The van der Waals surface area contributed by atoms with E-state index in [-0.39, 0.29) is 0 Å². The molecule has 0 bridgehead atoms. The molecule has 0 radical (unpaired) electrons. The van der Waals surface area contributed by atoms with Crippen molar-refractivity contribution in [3.8, 4) is 0 Å². The van der Waals surface area contributed by atoms with Gasteiger partial charge in [0.1, 0.15) is 0 Å². The van der Waals surface area contributed by atoms with Gasteiger partial charge < -0.3 is 10.1 Å². The fraction of sp³-hybridized carbons (Fsp3) is 1.00. The average Bonchev–Trinajstić information content (AvgIpc) is 3.02. The van der Waals surface area contributed by atoms with Gasteiger partial charge in [-0.15, -0.1) is 0 Å². The van der Waals surface area contributed by atoms with Crippen LogP contribution >= 0.6 is 0 Å². The van der Waals surface area contributed by atoms with E-state index in [1.807, 2.05) is 0 Å². The van der Waals surface area contributed by atoms with Crippen LogP contribution in [0.5, 0.6) is 0 Å². The molecule has 1 aliphatic carbocycles. The Labute approximate surface area is 124 Å². The summed E-state index contributed by atoms with van der Waals surface area (Å²) in [5.41, 5.74) is 0.299. The molecule has 116 valence electrons. The van der Waals surface area contributed by atoms with Crippen molar-refractivity contribution in [2.75, 3.05) is 26.3 Å². The third-order valence-corrected chi connectivity index (χ3v) is 6.04. The lowest BCUT2D eigenvalue weighted by Crippen LogP contribution is -2.66. The van der Waals surface area contributed by atoms with E-state index in [9.17, 15) is 0 Å². The van der Waals surface area contributed by atoms with E-state index in [2.05, 4.69) is 24.1 Å². The zero-order chi connectivity index (χ0) is 14.0. The Morgan fingerprint density at radius 2 is 2.00 bits per heavy atom. The predicted octanol–water partition coefficient (Wildman–Crippen LogP) is 2.80. The molecular weight excluding hydrogens is 248 g/mol. The zero-order valence-corrected chi connectivity index (χ0v) is 13.4. The van der Waals surface area contributed by atoms with Crippen LogP contribution in [0.2, 0.25) is 0 Å². The Kier molecular flexibility index (Phi) is 4.68. The maximum atomic E-state index is 5.69. The summed E-state index contributed by atoms with van der Waals surface area (Å²) in [6.45, 7) is 9.03. The summed E-state index contributed by atoms with van der Waals surface area (Å²) in [6, 6.07) is 1.43. The van der Waals surface area contributed by atoms with Gasteiger partial charge >= 0.3 is 0 Å². The van der Waals surface area contributed by atoms with Crippen LogP contribution in [0, 0.1) is 5.92 Å². The number of hydrogen-bond acceptors (Lipinski definition) is 3. The summed E-state index contributed by atoms with van der Waals surface area (Å²) in [5.74, 6) is 0.915. The van der Waals surface area contributed by atoms with Gasteiger partial charge in [-0.3, -0.25) is 4.90 Å². The van der Waals surface area contributed by atoms with Gasteiger partial charge in [0, 0.05) is 37.3 Å². The van der Waals surface area contributed by atoms with E-state index in [1.165, 1.54) is 58.0 Å². The number of hydrogen-bond donors (Lipinski definition) is 1. The van der Waals surface area contributed by atoms with E-state index >= 15 is 0 Å². The van der Waals surface area contributed by atoms with Crippen LogP contribution in [0.25, 0.3) is 0 Å². The molecule has 0 aromatic carbocycles. The molecule has 3 nitrogen and oxygen atoms in total. The Balaban J connectivity index is 1.72. The SMILES string of the molecule is CCC1(C)CN(C2CCOC2)C(C2CCCCC2)CN1. The molecule has 3 atom stereocenters. The molecule has 0 amide bonds. The van der Waals surface area contributed by atoms with E-state index in [0.29, 0.717) is 11.6 Å². The number of ether oxygens (including phenoxy) is 1. The normalized spacial score (nSPS) is 41.1. The molecule has 2 heterocycles. The van der Waals surface area contributed by atoms with Crippen LogP contribution in [0.1, 0.15) is 58.8 Å². The molecule has 3 aliphatic rings. The Morgan fingerprint density at radius 3 is 2.65 bits per heavy atom. The summed E-state index contributed by atoms with van der Waals surface area (Å²) >= 11 is 0. The second-order valence-electron chi connectivity index (χ2n) is 7.45. The largest absolute Gasteiger partial charge is 0.380 e. The minimum absolute atomic E-state index is 0.299. The molecule has 1 saturated carbocycles. The van der Waals surface area contributed by atoms with E-state index in [4.69, 9.17) is 4.74 Å². The highest BCUT2D eigenvalue weighted by molar-refractivity contribution is 4.99. The molecule has 3 unspecified atom stereocenters. The van der Waals surface area contributed by atoms with Crippen LogP contribution < -0.4 is 5.32 Å². The Bertz CT molecular complexity index is 310. The molecule has 2 aliphatic heterocycles. The maximum Gasteiger partial charge on any atom is 0.0622 e. The van der Waals surface area contributed by atoms with Gasteiger partial charge in [0.2, 0.25) is 0 Å². The van der Waals surface area contributed by atoms with Crippen molar-refractivity contribution in [2.45, 2.75) is 76.4 Å². The first kappa shape index (κ1) is 14.8.